The van der Waals surface area contributed by atoms with Gasteiger partial charge in [0, 0.05) is 11.6 Å². The van der Waals surface area contributed by atoms with Gasteiger partial charge in [-0.05, 0) is 43.5 Å². The zero-order valence-electron chi connectivity index (χ0n) is 17.9. The van der Waals surface area contributed by atoms with Crippen molar-refractivity contribution in [2.45, 2.75) is 43.0 Å². The number of nitrogens with zero attached hydrogens (tertiary/aromatic N) is 3. The number of pyridine rings is 1. The lowest BCUT2D eigenvalue weighted by Crippen LogP contribution is -2.77. The normalized spacial score (nSPS) is 22.7. The minimum Gasteiger partial charge on any atom is -0.484 e. The second kappa shape index (κ2) is 8.36. The molecule has 1 amide bonds. The summed E-state index contributed by atoms with van der Waals surface area (Å²) in [6.45, 7) is -0.367. The lowest BCUT2D eigenvalue weighted by atomic mass is 9.39. The van der Waals surface area contributed by atoms with E-state index in [0.717, 1.165) is 24.4 Å². The smallest absolute Gasteiger partial charge is 0.433 e. The van der Waals surface area contributed by atoms with Gasteiger partial charge in [0.2, 0.25) is 11.7 Å². The van der Waals surface area contributed by atoms with Gasteiger partial charge in [-0.15, -0.1) is 0 Å². The van der Waals surface area contributed by atoms with E-state index in [4.69, 9.17) is 25.6 Å². The lowest BCUT2D eigenvalue weighted by molar-refractivity contribution is -0.144. The Hall–Kier alpha value is -3.41. The van der Waals surface area contributed by atoms with Crippen molar-refractivity contribution in [3.05, 3.63) is 64.8 Å². The summed E-state index contributed by atoms with van der Waals surface area (Å²) in [7, 11) is 0. The van der Waals surface area contributed by atoms with Crippen LogP contribution in [0.4, 0.5) is 17.6 Å². The molecule has 3 aliphatic carbocycles. The van der Waals surface area contributed by atoms with Crippen LogP contribution >= 0.6 is 11.6 Å². The van der Waals surface area contributed by atoms with E-state index in [9.17, 15) is 22.4 Å². The predicted octanol–water partition coefficient (Wildman–Crippen LogP) is 4.22. The Bertz CT molecular complexity index is 1250. The molecule has 6 rings (SSSR count). The molecule has 0 aliphatic heterocycles. The first kappa shape index (κ1) is 23.3. The van der Waals surface area contributed by atoms with E-state index in [0.29, 0.717) is 25.2 Å². The summed E-state index contributed by atoms with van der Waals surface area (Å²) < 4.78 is 67.2. The number of halogens is 5. The first-order chi connectivity index (χ1) is 16.6. The molecule has 184 valence electrons. The minimum atomic E-state index is -4.52. The first-order valence-electron chi connectivity index (χ1n) is 10.4. The highest BCUT2D eigenvalue weighted by Gasteiger charge is 2.72. The molecular weight excluding hydrogens is 496 g/mol. The number of aromatic nitrogens is 3. The largest absolute Gasteiger partial charge is 0.484 e. The summed E-state index contributed by atoms with van der Waals surface area (Å²) in [5, 5.41) is 6.76. The minimum absolute atomic E-state index is 0.0340. The van der Waals surface area contributed by atoms with Gasteiger partial charge in [0.25, 0.3) is 5.91 Å². The number of alkyl halides is 3. The van der Waals surface area contributed by atoms with Crippen molar-refractivity contribution >= 4 is 17.5 Å². The Morgan fingerprint density at radius 2 is 1.89 bits per heavy atom. The molecule has 1 N–H and O–H groups in total. The standard InChI is InChI=1S/C22H17ClF4N4O4/c23-14-3-1-12(5-15(14)24)34-8-18(32)30-21-9-20(10-21,11-21)19-29-17(31-35-19)7-33-13-2-4-16(28-6-13)22(25,26)27/h1-6H,7-11H2,(H,30,32). The molecule has 0 saturated heterocycles. The van der Waals surface area contributed by atoms with Crippen LogP contribution in [0.25, 0.3) is 0 Å². The van der Waals surface area contributed by atoms with Gasteiger partial charge >= 0.3 is 6.18 Å². The number of carbonyl (C=O) groups excluding carboxylic acids is 1. The van der Waals surface area contributed by atoms with Crippen LogP contribution in [0.15, 0.2) is 41.1 Å². The molecule has 3 aromatic rings. The fourth-order valence-electron chi connectivity index (χ4n) is 4.50. The van der Waals surface area contributed by atoms with Gasteiger partial charge in [0.05, 0.1) is 16.6 Å². The van der Waals surface area contributed by atoms with Crippen molar-refractivity contribution in [2.75, 3.05) is 6.61 Å². The van der Waals surface area contributed by atoms with Gasteiger partial charge in [-0.25, -0.2) is 9.37 Å². The number of hydrogen-bond acceptors (Lipinski definition) is 7. The summed E-state index contributed by atoms with van der Waals surface area (Å²) in [5.74, 6) is 0.0329. The van der Waals surface area contributed by atoms with Crippen molar-refractivity contribution in [3.8, 4) is 11.5 Å². The summed E-state index contributed by atoms with van der Waals surface area (Å²) in [6, 6.07) is 5.91. The summed E-state index contributed by atoms with van der Waals surface area (Å²) in [5.41, 5.74) is -1.71. The third-order valence-corrected chi connectivity index (χ3v) is 6.32. The monoisotopic (exact) mass is 512 g/mol. The third kappa shape index (κ3) is 4.62. The molecule has 3 saturated carbocycles. The number of rotatable bonds is 8. The number of benzene rings is 1. The summed E-state index contributed by atoms with van der Waals surface area (Å²) >= 11 is 5.62. The quantitative estimate of drug-likeness (QED) is 0.451. The Morgan fingerprint density at radius 3 is 2.54 bits per heavy atom. The maximum atomic E-state index is 13.5. The summed E-state index contributed by atoms with van der Waals surface area (Å²) in [6.07, 6.45) is -1.69. The van der Waals surface area contributed by atoms with Crippen molar-refractivity contribution < 1.29 is 36.4 Å². The van der Waals surface area contributed by atoms with Gasteiger partial charge in [0.1, 0.15) is 23.0 Å². The Morgan fingerprint density at radius 1 is 1.14 bits per heavy atom. The first-order valence-corrected chi connectivity index (χ1v) is 10.8. The predicted molar refractivity (Wildman–Crippen MR) is 111 cm³/mol. The number of hydrogen-bond donors (Lipinski definition) is 1. The van der Waals surface area contributed by atoms with Gasteiger partial charge in [-0.2, -0.15) is 18.2 Å². The maximum Gasteiger partial charge on any atom is 0.433 e. The topological polar surface area (TPSA) is 99.4 Å². The average molecular weight is 513 g/mol. The molecule has 35 heavy (non-hydrogen) atoms. The Kier molecular flexibility index (Phi) is 5.58. The highest BCUT2D eigenvalue weighted by atomic mass is 35.5. The highest BCUT2D eigenvalue weighted by Crippen LogP contribution is 2.67. The zero-order valence-corrected chi connectivity index (χ0v) is 18.6. The zero-order chi connectivity index (χ0) is 24.8. The lowest BCUT2D eigenvalue weighted by Gasteiger charge is -2.68. The molecule has 3 aliphatic rings. The van der Waals surface area contributed by atoms with Crippen molar-refractivity contribution in [1.82, 2.24) is 20.4 Å². The van der Waals surface area contributed by atoms with Crippen LogP contribution < -0.4 is 14.8 Å². The van der Waals surface area contributed by atoms with Crippen LogP contribution in [0.3, 0.4) is 0 Å². The molecule has 1 aromatic carbocycles. The molecule has 13 heteroatoms. The van der Waals surface area contributed by atoms with Crippen LogP contribution in [0.2, 0.25) is 5.02 Å². The van der Waals surface area contributed by atoms with E-state index < -0.39 is 17.7 Å². The molecule has 0 radical (unpaired) electrons. The number of ether oxygens (including phenoxy) is 2. The highest BCUT2D eigenvalue weighted by molar-refractivity contribution is 6.30. The molecule has 8 nitrogen and oxygen atoms in total. The Balaban J connectivity index is 1.09. The van der Waals surface area contributed by atoms with Gasteiger partial charge in [-0.1, -0.05) is 16.8 Å². The van der Waals surface area contributed by atoms with Crippen LogP contribution in [0.1, 0.15) is 36.7 Å². The average Bonchev–Trinajstić information content (AvgIpc) is 3.23. The number of carbonyl (C=O) groups is 1. The van der Waals surface area contributed by atoms with Crippen LogP contribution in [0, 0.1) is 5.82 Å². The molecule has 2 bridgehead atoms. The van der Waals surface area contributed by atoms with E-state index >= 15 is 0 Å². The van der Waals surface area contributed by atoms with Gasteiger partial charge in [0.15, 0.2) is 13.2 Å². The van der Waals surface area contributed by atoms with Crippen LogP contribution in [-0.4, -0.2) is 33.2 Å². The van der Waals surface area contributed by atoms with Crippen molar-refractivity contribution in [3.63, 3.8) is 0 Å². The maximum absolute atomic E-state index is 13.5. The third-order valence-electron chi connectivity index (χ3n) is 6.01. The van der Waals surface area contributed by atoms with E-state index in [1.165, 1.54) is 12.1 Å². The molecule has 2 heterocycles. The van der Waals surface area contributed by atoms with E-state index in [-0.39, 0.29) is 52.4 Å². The van der Waals surface area contributed by atoms with E-state index in [1.54, 1.807) is 0 Å². The number of amides is 1. The molecule has 3 fully saturated rings. The van der Waals surface area contributed by atoms with Crippen molar-refractivity contribution in [1.29, 1.82) is 0 Å². The fraction of sp³-hybridized carbons (Fsp3) is 0.364. The Labute approximate surface area is 200 Å². The number of nitrogens with one attached hydrogen (secondary N) is 1. The molecule has 2 aromatic heterocycles. The van der Waals surface area contributed by atoms with Gasteiger partial charge < -0.3 is 19.3 Å². The SMILES string of the molecule is O=C(COc1ccc(Cl)c(F)c1)NC12CC(c3nc(COc4ccc(C(F)(F)F)nc4)no3)(C1)C2. The molecular formula is C22H17ClF4N4O4. The molecule has 0 unspecified atom stereocenters. The van der Waals surface area contributed by atoms with Crippen LogP contribution in [-0.2, 0) is 23.0 Å². The molecule has 0 spiro atoms. The van der Waals surface area contributed by atoms with Crippen LogP contribution in [0.5, 0.6) is 11.5 Å². The summed E-state index contributed by atoms with van der Waals surface area (Å²) in [4.78, 5) is 19.9. The van der Waals surface area contributed by atoms with E-state index in [1.807, 2.05) is 0 Å². The second-order valence-corrected chi connectivity index (χ2v) is 9.09. The second-order valence-electron chi connectivity index (χ2n) is 8.69. The van der Waals surface area contributed by atoms with E-state index in [2.05, 4.69) is 20.4 Å². The van der Waals surface area contributed by atoms with Crippen molar-refractivity contribution in [2.24, 2.45) is 0 Å². The molecule has 0 atom stereocenters. The van der Waals surface area contributed by atoms with Gasteiger partial charge in [-0.3, -0.25) is 4.79 Å². The fourth-order valence-corrected chi connectivity index (χ4v) is 4.62.